The van der Waals surface area contributed by atoms with Gasteiger partial charge in [0.05, 0.1) is 31.7 Å². The number of piperazine rings is 1. The van der Waals surface area contributed by atoms with Gasteiger partial charge in [-0.25, -0.2) is 0 Å². The monoisotopic (exact) mass is 330 g/mol. The molecule has 1 heterocycles. The number of benzene rings is 1. The quantitative estimate of drug-likeness (QED) is 0.843. The zero-order chi connectivity index (χ0) is 17.0. The van der Waals surface area contributed by atoms with Gasteiger partial charge in [-0.3, -0.25) is 9.59 Å². The van der Waals surface area contributed by atoms with Gasteiger partial charge in [0.15, 0.2) is 6.54 Å². The number of nitrogens with zero attached hydrogens (tertiary/aromatic N) is 1. The van der Waals surface area contributed by atoms with E-state index in [9.17, 15) is 22.8 Å². The lowest BCUT2D eigenvalue weighted by atomic mass is 10.2. The summed E-state index contributed by atoms with van der Waals surface area (Å²) in [7, 11) is 0. The summed E-state index contributed by atoms with van der Waals surface area (Å²) in [4.78, 5) is 25.9. The molecule has 1 saturated heterocycles. The van der Waals surface area contributed by atoms with Crippen LogP contribution in [-0.2, 0) is 15.8 Å². The fourth-order valence-electron chi connectivity index (χ4n) is 2.49. The van der Waals surface area contributed by atoms with Crippen LogP contribution in [0.5, 0.6) is 0 Å². The molecular weight excluding hydrogens is 311 g/mol. The van der Waals surface area contributed by atoms with Gasteiger partial charge >= 0.3 is 6.18 Å². The van der Waals surface area contributed by atoms with E-state index in [0.29, 0.717) is 31.9 Å². The molecule has 1 fully saturated rings. The summed E-state index contributed by atoms with van der Waals surface area (Å²) in [5, 5.41) is 2.59. The van der Waals surface area contributed by atoms with Gasteiger partial charge < -0.3 is 15.1 Å². The first-order valence-corrected chi connectivity index (χ1v) is 7.32. The van der Waals surface area contributed by atoms with Gasteiger partial charge in [-0.2, -0.15) is 13.2 Å². The van der Waals surface area contributed by atoms with E-state index < -0.39 is 11.7 Å². The smallest absolute Gasteiger partial charge is 0.332 e. The van der Waals surface area contributed by atoms with Gasteiger partial charge in [-0.15, -0.1) is 0 Å². The lowest BCUT2D eigenvalue weighted by molar-refractivity contribution is -0.895. The Morgan fingerprint density at radius 3 is 2.22 bits per heavy atom. The van der Waals surface area contributed by atoms with Gasteiger partial charge in [0.25, 0.3) is 5.91 Å². The normalized spacial score (nSPS) is 16.3. The lowest BCUT2D eigenvalue weighted by Crippen LogP contribution is -3.15. The summed E-state index contributed by atoms with van der Waals surface area (Å²) in [6, 6.07) is 4.36. The van der Waals surface area contributed by atoms with Crippen molar-refractivity contribution in [3.63, 3.8) is 0 Å². The van der Waals surface area contributed by atoms with Crippen molar-refractivity contribution < 1.29 is 27.7 Å². The van der Waals surface area contributed by atoms with Crippen molar-refractivity contribution in [1.29, 1.82) is 0 Å². The molecule has 0 radical (unpaired) electrons. The Morgan fingerprint density at radius 1 is 1.17 bits per heavy atom. The van der Waals surface area contributed by atoms with Crippen molar-refractivity contribution in [2.24, 2.45) is 0 Å². The highest BCUT2D eigenvalue weighted by molar-refractivity contribution is 5.91. The summed E-state index contributed by atoms with van der Waals surface area (Å²) in [5.41, 5.74) is -0.411. The van der Waals surface area contributed by atoms with Gasteiger partial charge in [0.2, 0.25) is 5.91 Å². The van der Waals surface area contributed by atoms with Crippen LogP contribution in [-0.4, -0.2) is 49.4 Å². The first-order valence-electron chi connectivity index (χ1n) is 7.32. The number of alkyl halides is 3. The molecule has 0 aliphatic carbocycles. The van der Waals surface area contributed by atoms with Crippen LogP contribution in [0.15, 0.2) is 24.3 Å². The molecule has 0 saturated carbocycles. The summed E-state index contributed by atoms with van der Waals surface area (Å²) < 4.78 is 37.4. The predicted molar refractivity (Wildman–Crippen MR) is 77.9 cm³/mol. The number of nitrogens with one attached hydrogen (secondary N) is 2. The minimum Gasteiger partial charge on any atom is -0.332 e. The fourth-order valence-corrected chi connectivity index (χ4v) is 2.49. The molecule has 1 aliphatic rings. The number of anilines is 1. The average molecular weight is 330 g/mol. The Kier molecular flexibility index (Phi) is 5.25. The predicted octanol–water partition coefficient (Wildman–Crippen LogP) is 0.391. The lowest BCUT2D eigenvalue weighted by Gasteiger charge is -2.31. The molecule has 0 aromatic heterocycles. The maximum Gasteiger partial charge on any atom is 0.416 e. The highest BCUT2D eigenvalue weighted by atomic mass is 19.4. The number of rotatable bonds is 3. The first-order chi connectivity index (χ1) is 10.8. The molecule has 1 aliphatic heterocycles. The molecule has 2 rings (SSSR count). The largest absolute Gasteiger partial charge is 0.416 e. The molecule has 2 amide bonds. The Labute approximate surface area is 132 Å². The van der Waals surface area contributed by atoms with Crippen molar-refractivity contribution >= 4 is 17.5 Å². The number of quaternary nitrogens is 1. The minimum atomic E-state index is -4.39. The number of carbonyl (C=O) groups excluding carboxylic acids is 2. The van der Waals surface area contributed by atoms with Gasteiger partial charge in [0, 0.05) is 12.6 Å². The topological polar surface area (TPSA) is 53.9 Å². The second-order valence-electron chi connectivity index (χ2n) is 5.56. The number of halogens is 3. The van der Waals surface area contributed by atoms with E-state index in [1.54, 1.807) is 4.90 Å². The van der Waals surface area contributed by atoms with E-state index in [-0.39, 0.29) is 18.4 Å². The first kappa shape index (κ1) is 17.3. The Morgan fingerprint density at radius 2 is 1.74 bits per heavy atom. The number of amides is 2. The van der Waals surface area contributed by atoms with Gasteiger partial charge in [0.1, 0.15) is 0 Å². The van der Waals surface area contributed by atoms with Crippen LogP contribution in [0.3, 0.4) is 0 Å². The summed E-state index contributed by atoms with van der Waals surface area (Å²) in [5.74, 6) is -0.228. The van der Waals surface area contributed by atoms with Gasteiger partial charge in [-0.1, -0.05) is 0 Å². The van der Waals surface area contributed by atoms with E-state index in [0.717, 1.165) is 17.0 Å². The van der Waals surface area contributed by atoms with Crippen molar-refractivity contribution in [3.05, 3.63) is 29.8 Å². The van der Waals surface area contributed by atoms with Gasteiger partial charge in [-0.05, 0) is 24.3 Å². The van der Waals surface area contributed by atoms with Crippen LogP contribution in [0, 0.1) is 0 Å². The van der Waals surface area contributed by atoms with Crippen molar-refractivity contribution in [1.82, 2.24) is 4.90 Å². The summed E-state index contributed by atoms with van der Waals surface area (Å²) in [6.07, 6.45) is -4.39. The zero-order valence-corrected chi connectivity index (χ0v) is 12.7. The molecule has 5 nitrogen and oxygen atoms in total. The highest BCUT2D eigenvalue weighted by Crippen LogP contribution is 2.29. The molecule has 23 heavy (non-hydrogen) atoms. The fraction of sp³-hybridized carbons (Fsp3) is 0.467. The molecule has 126 valence electrons. The number of hydrogen-bond acceptors (Lipinski definition) is 2. The van der Waals surface area contributed by atoms with Crippen LogP contribution in [0.4, 0.5) is 18.9 Å². The maximum absolute atomic E-state index is 12.5. The molecular formula is C15H19F3N3O2+. The van der Waals surface area contributed by atoms with E-state index in [2.05, 4.69) is 5.32 Å². The van der Waals surface area contributed by atoms with E-state index in [4.69, 9.17) is 0 Å². The summed E-state index contributed by atoms with van der Waals surface area (Å²) >= 11 is 0. The third-order valence-electron chi connectivity index (χ3n) is 3.82. The minimum absolute atomic E-state index is 0.0262. The highest BCUT2D eigenvalue weighted by Gasteiger charge is 2.30. The third kappa shape index (κ3) is 4.95. The van der Waals surface area contributed by atoms with Crippen LogP contribution in [0.25, 0.3) is 0 Å². The van der Waals surface area contributed by atoms with Crippen molar-refractivity contribution in [2.75, 3.05) is 38.0 Å². The molecule has 2 N–H and O–H groups in total. The van der Waals surface area contributed by atoms with Crippen LogP contribution >= 0.6 is 0 Å². The Bertz CT molecular complexity index is 564. The average Bonchev–Trinajstić information content (AvgIpc) is 2.47. The molecule has 8 heteroatoms. The maximum atomic E-state index is 12.5. The van der Waals surface area contributed by atoms with Crippen molar-refractivity contribution in [2.45, 2.75) is 13.1 Å². The molecule has 0 atom stereocenters. The number of carbonyl (C=O) groups is 2. The number of hydrogen-bond donors (Lipinski definition) is 2. The van der Waals surface area contributed by atoms with E-state index >= 15 is 0 Å². The Balaban J connectivity index is 1.82. The summed E-state index contributed by atoms with van der Waals surface area (Å²) in [6.45, 7) is 4.32. The second kappa shape index (κ2) is 6.99. The zero-order valence-electron chi connectivity index (χ0n) is 12.7. The SMILES string of the molecule is CC(=O)N1CC[NH+](CC(=O)Nc2ccc(C(F)(F)F)cc2)CC1. The molecule has 1 aromatic rings. The standard InChI is InChI=1S/C15H18F3N3O2/c1-11(22)21-8-6-20(7-9-21)10-14(23)19-13-4-2-12(3-5-13)15(16,17)18/h2-5H,6-10H2,1H3,(H,19,23)/p+1. The van der Waals surface area contributed by atoms with E-state index in [1.807, 2.05) is 0 Å². The molecule has 0 unspecified atom stereocenters. The van der Waals surface area contributed by atoms with E-state index in [1.165, 1.54) is 19.1 Å². The van der Waals surface area contributed by atoms with Crippen LogP contribution in [0.2, 0.25) is 0 Å². The third-order valence-corrected chi connectivity index (χ3v) is 3.82. The molecule has 0 bridgehead atoms. The molecule has 1 aromatic carbocycles. The van der Waals surface area contributed by atoms with Crippen LogP contribution in [0.1, 0.15) is 12.5 Å². The molecule has 0 spiro atoms. The Hall–Kier alpha value is -2.09. The van der Waals surface area contributed by atoms with Crippen LogP contribution < -0.4 is 10.2 Å². The second-order valence-corrected chi connectivity index (χ2v) is 5.56. The van der Waals surface area contributed by atoms with Crippen molar-refractivity contribution in [3.8, 4) is 0 Å².